The lowest BCUT2D eigenvalue weighted by Crippen LogP contribution is -2.33. The number of hydrogen-bond donors (Lipinski definition) is 1. The summed E-state index contributed by atoms with van der Waals surface area (Å²) in [6.45, 7) is 5.05. The second-order valence-electron chi connectivity index (χ2n) is 5.40. The van der Waals surface area contributed by atoms with Gasteiger partial charge in [-0.15, -0.1) is 0 Å². The van der Waals surface area contributed by atoms with E-state index < -0.39 is 0 Å². The molecule has 1 fully saturated rings. The summed E-state index contributed by atoms with van der Waals surface area (Å²) in [6.07, 6.45) is 5.15. The first-order valence-corrected chi connectivity index (χ1v) is 7.13. The van der Waals surface area contributed by atoms with E-state index >= 15 is 0 Å². The molecule has 1 aromatic rings. The fraction of sp³-hybridized carbons (Fsp3) is 0.846. The van der Waals surface area contributed by atoms with E-state index in [9.17, 15) is 5.11 Å². The van der Waals surface area contributed by atoms with Crippen LogP contribution in [0.2, 0.25) is 0 Å². The van der Waals surface area contributed by atoms with E-state index in [2.05, 4.69) is 16.9 Å². The molecule has 2 atom stereocenters. The third-order valence-corrected chi connectivity index (χ3v) is 4.17. The maximum absolute atomic E-state index is 9.67. The Morgan fingerprint density at radius 3 is 3.06 bits per heavy atom. The van der Waals surface area contributed by atoms with Crippen LogP contribution in [0.15, 0.2) is 0 Å². The molecule has 1 aromatic heterocycles. The summed E-state index contributed by atoms with van der Waals surface area (Å²) in [7, 11) is 0. The predicted molar refractivity (Wildman–Crippen MR) is 68.2 cm³/mol. The second kappa shape index (κ2) is 4.97. The van der Waals surface area contributed by atoms with Crippen molar-refractivity contribution in [3.05, 3.63) is 11.6 Å². The first-order valence-electron chi connectivity index (χ1n) is 7.13. The molecule has 3 rings (SSSR count). The van der Waals surface area contributed by atoms with Gasteiger partial charge in [0.05, 0.1) is 18.7 Å². The average molecular weight is 250 g/mol. The fourth-order valence-corrected chi connectivity index (χ4v) is 3.11. The number of rotatable bonds is 2. The summed E-state index contributed by atoms with van der Waals surface area (Å²) in [5, 5.41) is 14.3. The lowest BCUT2D eigenvalue weighted by atomic mass is 10.0. The van der Waals surface area contributed by atoms with Crippen LogP contribution in [-0.4, -0.2) is 44.0 Å². The van der Waals surface area contributed by atoms with E-state index in [0.29, 0.717) is 12.6 Å². The Morgan fingerprint density at radius 1 is 1.33 bits per heavy atom. The molecule has 0 amide bonds. The molecule has 5 heteroatoms. The largest absolute Gasteiger partial charge is 0.391 e. The van der Waals surface area contributed by atoms with Gasteiger partial charge in [-0.1, -0.05) is 13.3 Å². The molecule has 0 bridgehead atoms. The Bertz CT molecular complexity index is 417. The van der Waals surface area contributed by atoms with Gasteiger partial charge in [-0.2, -0.15) is 5.10 Å². The lowest BCUT2D eigenvalue weighted by molar-refractivity contribution is 0.123. The summed E-state index contributed by atoms with van der Waals surface area (Å²) >= 11 is 0. The van der Waals surface area contributed by atoms with Crippen LogP contribution in [-0.2, 0) is 13.0 Å². The van der Waals surface area contributed by atoms with E-state index in [1.807, 2.05) is 4.68 Å². The first-order chi connectivity index (χ1) is 8.78. The highest BCUT2D eigenvalue weighted by atomic mass is 16.3. The van der Waals surface area contributed by atoms with E-state index in [1.165, 1.54) is 19.3 Å². The van der Waals surface area contributed by atoms with Crippen molar-refractivity contribution in [2.24, 2.45) is 0 Å². The van der Waals surface area contributed by atoms with Gasteiger partial charge in [-0.25, -0.2) is 9.67 Å². The normalized spacial score (nSPS) is 29.2. The molecule has 3 heterocycles. The molecular weight excluding hydrogens is 228 g/mol. The number of aliphatic hydroxyl groups excluding tert-OH is 1. The van der Waals surface area contributed by atoms with Crippen LogP contribution in [0.3, 0.4) is 0 Å². The Morgan fingerprint density at radius 2 is 2.22 bits per heavy atom. The van der Waals surface area contributed by atoms with Crippen molar-refractivity contribution in [3.63, 3.8) is 0 Å². The standard InChI is InChI=1S/C13H22N4O/c1-2-16-8-4-3-5-11(16)13-14-12-7-6-10(18)9-17(12)15-13/h10-11,18H,2-9H2,1H3. The maximum Gasteiger partial charge on any atom is 0.168 e. The molecule has 0 aliphatic carbocycles. The molecule has 0 spiro atoms. The summed E-state index contributed by atoms with van der Waals surface area (Å²) in [5.74, 6) is 2.03. The van der Waals surface area contributed by atoms with E-state index in [-0.39, 0.29) is 6.10 Å². The van der Waals surface area contributed by atoms with Gasteiger partial charge < -0.3 is 5.11 Å². The van der Waals surface area contributed by atoms with Crippen LogP contribution in [0.25, 0.3) is 0 Å². The predicted octanol–water partition coefficient (Wildman–Crippen LogP) is 1.13. The van der Waals surface area contributed by atoms with Crippen molar-refractivity contribution in [2.75, 3.05) is 13.1 Å². The zero-order chi connectivity index (χ0) is 12.5. The second-order valence-corrected chi connectivity index (χ2v) is 5.40. The molecule has 1 saturated heterocycles. The number of aromatic nitrogens is 3. The summed E-state index contributed by atoms with van der Waals surface area (Å²) in [5.41, 5.74) is 0. The Hall–Kier alpha value is -0.940. The van der Waals surface area contributed by atoms with Gasteiger partial charge in [-0.05, 0) is 32.4 Å². The van der Waals surface area contributed by atoms with Crippen LogP contribution in [0.4, 0.5) is 0 Å². The van der Waals surface area contributed by atoms with Crippen molar-refractivity contribution in [1.29, 1.82) is 0 Å². The maximum atomic E-state index is 9.67. The van der Waals surface area contributed by atoms with Crippen LogP contribution in [0, 0.1) is 0 Å². The van der Waals surface area contributed by atoms with Crippen LogP contribution in [0.1, 0.15) is 50.3 Å². The minimum atomic E-state index is -0.249. The van der Waals surface area contributed by atoms with E-state index in [4.69, 9.17) is 4.98 Å². The van der Waals surface area contributed by atoms with Gasteiger partial charge in [0.15, 0.2) is 5.82 Å². The molecule has 0 radical (unpaired) electrons. The Labute approximate surface area is 108 Å². The Balaban J connectivity index is 1.83. The number of piperidine rings is 1. The van der Waals surface area contributed by atoms with Crippen molar-refractivity contribution < 1.29 is 5.11 Å². The van der Waals surface area contributed by atoms with E-state index in [1.54, 1.807) is 0 Å². The number of likely N-dealkylation sites (tertiary alicyclic amines) is 1. The average Bonchev–Trinajstić information content (AvgIpc) is 2.81. The third kappa shape index (κ3) is 2.17. The van der Waals surface area contributed by atoms with Crippen molar-refractivity contribution in [1.82, 2.24) is 19.7 Å². The highest BCUT2D eigenvalue weighted by Crippen LogP contribution is 2.29. The Kier molecular flexibility index (Phi) is 3.35. The smallest absolute Gasteiger partial charge is 0.168 e. The topological polar surface area (TPSA) is 54.2 Å². The molecule has 5 nitrogen and oxygen atoms in total. The van der Waals surface area contributed by atoms with Crippen LogP contribution in [0.5, 0.6) is 0 Å². The molecule has 0 saturated carbocycles. The van der Waals surface area contributed by atoms with Gasteiger partial charge in [-0.3, -0.25) is 4.90 Å². The molecule has 2 aliphatic rings. The van der Waals surface area contributed by atoms with Gasteiger partial charge >= 0.3 is 0 Å². The van der Waals surface area contributed by atoms with Gasteiger partial charge in [0, 0.05) is 6.42 Å². The van der Waals surface area contributed by atoms with Crippen molar-refractivity contribution >= 4 is 0 Å². The first kappa shape index (κ1) is 12.1. The number of nitrogens with zero attached hydrogens (tertiary/aromatic N) is 4. The van der Waals surface area contributed by atoms with Crippen molar-refractivity contribution in [2.45, 2.75) is 57.7 Å². The zero-order valence-corrected chi connectivity index (χ0v) is 11.0. The lowest BCUT2D eigenvalue weighted by Gasteiger charge is -2.32. The van der Waals surface area contributed by atoms with Gasteiger partial charge in [0.25, 0.3) is 0 Å². The quantitative estimate of drug-likeness (QED) is 0.855. The van der Waals surface area contributed by atoms with Crippen LogP contribution >= 0.6 is 0 Å². The fourth-order valence-electron chi connectivity index (χ4n) is 3.11. The monoisotopic (exact) mass is 250 g/mol. The van der Waals surface area contributed by atoms with E-state index in [0.717, 1.165) is 37.6 Å². The highest BCUT2D eigenvalue weighted by molar-refractivity contribution is 5.02. The van der Waals surface area contributed by atoms with Gasteiger partial charge in [0.1, 0.15) is 5.82 Å². The molecule has 2 unspecified atom stereocenters. The highest BCUT2D eigenvalue weighted by Gasteiger charge is 2.28. The molecule has 100 valence electrons. The zero-order valence-electron chi connectivity index (χ0n) is 11.0. The van der Waals surface area contributed by atoms with Crippen molar-refractivity contribution in [3.8, 4) is 0 Å². The number of aliphatic hydroxyl groups is 1. The SMILES string of the molecule is CCN1CCCCC1c1nc2n(n1)CC(O)CC2. The minimum absolute atomic E-state index is 0.249. The molecular formula is C13H22N4O. The summed E-state index contributed by atoms with van der Waals surface area (Å²) in [6, 6.07) is 0.388. The van der Waals surface area contributed by atoms with Crippen LogP contribution < -0.4 is 0 Å². The third-order valence-electron chi connectivity index (χ3n) is 4.17. The molecule has 1 N–H and O–H groups in total. The number of aryl methyl sites for hydroxylation is 1. The van der Waals surface area contributed by atoms with Gasteiger partial charge in [0.2, 0.25) is 0 Å². The molecule has 2 aliphatic heterocycles. The number of hydrogen-bond acceptors (Lipinski definition) is 4. The molecule has 18 heavy (non-hydrogen) atoms. The summed E-state index contributed by atoms with van der Waals surface area (Å²) < 4.78 is 1.91. The molecule has 0 aromatic carbocycles. The number of fused-ring (bicyclic) bond motifs is 1. The minimum Gasteiger partial charge on any atom is -0.391 e. The summed E-state index contributed by atoms with van der Waals surface area (Å²) in [4.78, 5) is 7.18.